The number of aryl methyl sites for hydroxylation is 3. The zero-order valence-electron chi connectivity index (χ0n) is 14.6. The quantitative estimate of drug-likeness (QED) is 0.731. The number of fused-ring (bicyclic) bond motifs is 1. The molecule has 0 bridgehead atoms. The van der Waals surface area contributed by atoms with E-state index in [1.165, 1.54) is 16.9 Å². The van der Waals surface area contributed by atoms with Gasteiger partial charge in [-0.25, -0.2) is 9.97 Å². The van der Waals surface area contributed by atoms with E-state index in [9.17, 15) is 4.79 Å². The van der Waals surface area contributed by atoms with Crippen molar-refractivity contribution in [1.82, 2.24) is 9.97 Å². The lowest BCUT2D eigenvalue weighted by Crippen LogP contribution is -2.11. The van der Waals surface area contributed by atoms with Crippen molar-refractivity contribution < 1.29 is 4.79 Å². The summed E-state index contributed by atoms with van der Waals surface area (Å²) in [5.41, 5.74) is 3.93. The second-order valence-electron chi connectivity index (χ2n) is 6.32. The smallest absolute Gasteiger partial charge is 0.266 e. The number of aromatic nitrogens is 2. The Morgan fingerprint density at radius 2 is 1.75 bits per heavy atom. The van der Waals surface area contributed by atoms with E-state index in [4.69, 9.17) is 0 Å². The summed E-state index contributed by atoms with van der Waals surface area (Å²) in [5, 5.41) is 3.98. The van der Waals surface area contributed by atoms with Gasteiger partial charge in [0.15, 0.2) is 0 Å². The van der Waals surface area contributed by atoms with Crippen LogP contribution in [-0.2, 0) is 0 Å². The van der Waals surface area contributed by atoms with Crippen molar-refractivity contribution in [2.45, 2.75) is 40.5 Å². The largest absolute Gasteiger partial charge is 0.321 e. The van der Waals surface area contributed by atoms with Crippen LogP contribution in [0.2, 0.25) is 0 Å². The molecule has 0 aliphatic heterocycles. The molecule has 24 heavy (non-hydrogen) atoms. The van der Waals surface area contributed by atoms with Gasteiger partial charge in [0.25, 0.3) is 5.91 Å². The molecule has 2 heterocycles. The SMILES string of the molecule is Cc1nc(C)c2c(C)c(C(=O)Nc3ccc(C(C)C)cc3)sc2n1. The van der Waals surface area contributed by atoms with E-state index >= 15 is 0 Å². The molecule has 4 nitrogen and oxygen atoms in total. The van der Waals surface area contributed by atoms with Gasteiger partial charge in [-0.3, -0.25) is 4.79 Å². The van der Waals surface area contributed by atoms with Crippen LogP contribution >= 0.6 is 11.3 Å². The number of hydrogen-bond acceptors (Lipinski definition) is 4. The highest BCUT2D eigenvalue weighted by molar-refractivity contribution is 7.20. The fourth-order valence-corrected chi connectivity index (χ4v) is 4.00. The van der Waals surface area contributed by atoms with Crippen molar-refractivity contribution >= 4 is 33.1 Å². The first-order valence-corrected chi connectivity index (χ1v) is 8.84. The number of carbonyl (C=O) groups excluding carboxylic acids is 1. The van der Waals surface area contributed by atoms with Gasteiger partial charge in [-0.2, -0.15) is 0 Å². The minimum atomic E-state index is -0.0927. The first kappa shape index (κ1) is 16.6. The van der Waals surface area contributed by atoms with Crippen LogP contribution in [-0.4, -0.2) is 15.9 Å². The van der Waals surface area contributed by atoms with Crippen molar-refractivity contribution in [3.05, 3.63) is 51.8 Å². The Balaban J connectivity index is 1.91. The summed E-state index contributed by atoms with van der Waals surface area (Å²) in [6.07, 6.45) is 0. The summed E-state index contributed by atoms with van der Waals surface area (Å²) in [5.74, 6) is 1.12. The number of benzene rings is 1. The minimum Gasteiger partial charge on any atom is -0.321 e. The van der Waals surface area contributed by atoms with Gasteiger partial charge in [0.1, 0.15) is 10.7 Å². The van der Waals surface area contributed by atoms with E-state index < -0.39 is 0 Å². The third-order valence-electron chi connectivity index (χ3n) is 4.12. The molecule has 0 aliphatic rings. The fourth-order valence-electron chi connectivity index (χ4n) is 2.83. The van der Waals surface area contributed by atoms with E-state index in [2.05, 4.69) is 41.3 Å². The zero-order valence-corrected chi connectivity index (χ0v) is 15.4. The van der Waals surface area contributed by atoms with Crippen molar-refractivity contribution in [1.29, 1.82) is 0 Å². The van der Waals surface area contributed by atoms with Gasteiger partial charge in [-0.1, -0.05) is 26.0 Å². The average Bonchev–Trinajstić information content (AvgIpc) is 2.84. The predicted octanol–water partition coefficient (Wildman–Crippen LogP) is 4.99. The standard InChI is InChI=1S/C19H21N3OS/c1-10(2)14-6-8-15(9-7-14)22-18(23)17-11(3)16-12(4)20-13(5)21-19(16)24-17/h6-10H,1-5H3,(H,22,23). The van der Waals surface area contributed by atoms with E-state index in [1.54, 1.807) is 0 Å². The first-order chi connectivity index (χ1) is 11.4. The molecule has 1 aromatic carbocycles. The number of thiophene rings is 1. The molecule has 124 valence electrons. The second-order valence-corrected chi connectivity index (χ2v) is 7.32. The lowest BCUT2D eigenvalue weighted by atomic mass is 10.0. The lowest BCUT2D eigenvalue weighted by molar-refractivity contribution is 0.103. The molecule has 0 aliphatic carbocycles. The number of anilines is 1. The van der Waals surface area contributed by atoms with Crippen LogP contribution in [0.3, 0.4) is 0 Å². The van der Waals surface area contributed by atoms with Crippen LogP contribution in [0.4, 0.5) is 5.69 Å². The zero-order chi connectivity index (χ0) is 17.4. The third-order valence-corrected chi connectivity index (χ3v) is 5.31. The van der Waals surface area contributed by atoms with Gasteiger partial charge in [-0.15, -0.1) is 11.3 Å². The molecule has 0 saturated carbocycles. The summed E-state index contributed by atoms with van der Waals surface area (Å²) >= 11 is 1.42. The number of rotatable bonds is 3. The summed E-state index contributed by atoms with van der Waals surface area (Å²) in [6, 6.07) is 8.00. The van der Waals surface area contributed by atoms with Gasteiger partial charge in [0.2, 0.25) is 0 Å². The summed E-state index contributed by atoms with van der Waals surface area (Å²) in [4.78, 5) is 23.1. The second kappa shape index (κ2) is 6.32. The molecule has 1 amide bonds. The summed E-state index contributed by atoms with van der Waals surface area (Å²) in [7, 11) is 0. The molecular formula is C19H21N3OS. The Morgan fingerprint density at radius 1 is 1.08 bits per heavy atom. The highest BCUT2D eigenvalue weighted by Crippen LogP contribution is 2.31. The van der Waals surface area contributed by atoms with Gasteiger partial charge < -0.3 is 5.32 Å². The lowest BCUT2D eigenvalue weighted by Gasteiger charge is -2.08. The maximum Gasteiger partial charge on any atom is 0.266 e. The molecule has 0 spiro atoms. The van der Waals surface area contributed by atoms with Crippen LogP contribution in [0.25, 0.3) is 10.2 Å². The molecule has 0 radical (unpaired) electrons. The number of nitrogens with zero attached hydrogens (tertiary/aromatic N) is 2. The van der Waals surface area contributed by atoms with Gasteiger partial charge >= 0.3 is 0 Å². The highest BCUT2D eigenvalue weighted by atomic mass is 32.1. The third kappa shape index (κ3) is 3.04. The molecule has 0 unspecified atom stereocenters. The van der Waals surface area contributed by atoms with Gasteiger partial charge in [0, 0.05) is 16.8 Å². The van der Waals surface area contributed by atoms with Crippen LogP contribution in [0.5, 0.6) is 0 Å². The van der Waals surface area contributed by atoms with Crippen molar-refractivity contribution in [3.63, 3.8) is 0 Å². The molecule has 3 rings (SSSR count). The van der Waals surface area contributed by atoms with Crippen molar-refractivity contribution in [2.75, 3.05) is 5.32 Å². The number of carbonyl (C=O) groups is 1. The average molecular weight is 339 g/mol. The van der Waals surface area contributed by atoms with E-state index in [0.717, 1.165) is 33.0 Å². The molecule has 3 aromatic rings. The topological polar surface area (TPSA) is 54.9 Å². The molecule has 1 N–H and O–H groups in total. The van der Waals surface area contributed by atoms with E-state index in [1.807, 2.05) is 32.9 Å². The predicted molar refractivity (Wildman–Crippen MR) is 100 cm³/mol. The Hall–Kier alpha value is -2.27. The molecule has 0 fully saturated rings. The number of amides is 1. The maximum absolute atomic E-state index is 12.7. The van der Waals surface area contributed by atoms with Gasteiger partial charge in [-0.05, 0) is 49.9 Å². The van der Waals surface area contributed by atoms with Gasteiger partial charge in [0.05, 0.1) is 4.88 Å². The summed E-state index contributed by atoms with van der Waals surface area (Å²) < 4.78 is 0. The Labute approximate surface area is 146 Å². The molecular weight excluding hydrogens is 318 g/mol. The monoisotopic (exact) mass is 339 g/mol. The molecule has 0 atom stereocenters. The number of nitrogens with one attached hydrogen (secondary N) is 1. The van der Waals surface area contributed by atoms with E-state index in [-0.39, 0.29) is 5.91 Å². The van der Waals surface area contributed by atoms with Crippen LogP contribution in [0.1, 0.15) is 52.1 Å². The molecule has 2 aromatic heterocycles. The van der Waals surface area contributed by atoms with E-state index in [0.29, 0.717) is 10.8 Å². The van der Waals surface area contributed by atoms with Crippen LogP contribution < -0.4 is 5.32 Å². The highest BCUT2D eigenvalue weighted by Gasteiger charge is 2.18. The Morgan fingerprint density at radius 3 is 2.38 bits per heavy atom. The minimum absolute atomic E-state index is 0.0927. The normalized spacial score (nSPS) is 11.2. The van der Waals surface area contributed by atoms with Crippen LogP contribution in [0, 0.1) is 20.8 Å². The van der Waals surface area contributed by atoms with Crippen LogP contribution in [0.15, 0.2) is 24.3 Å². The van der Waals surface area contributed by atoms with Crippen molar-refractivity contribution in [3.8, 4) is 0 Å². The summed E-state index contributed by atoms with van der Waals surface area (Å²) in [6.45, 7) is 10.1. The molecule has 5 heteroatoms. The first-order valence-electron chi connectivity index (χ1n) is 8.02. The molecule has 0 saturated heterocycles. The van der Waals surface area contributed by atoms with Crippen molar-refractivity contribution in [2.24, 2.45) is 0 Å². The number of hydrogen-bond donors (Lipinski definition) is 1. The fraction of sp³-hybridized carbons (Fsp3) is 0.316. The Kier molecular flexibility index (Phi) is 4.37. The Bertz CT molecular complexity index is 911. The maximum atomic E-state index is 12.7.